The fourth-order valence-electron chi connectivity index (χ4n) is 3.45. The fraction of sp³-hybridized carbons (Fsp3) is 0.474. The van der Waals surface area contributed by atoms with Crippen molar-refractivity contribution in [2.24, 2.45) is 0 Å². The zero-order valence-electron chi connectivity index (χ0n) is 15.0. The van der Waals surface area contributed by atoms with E-state index in [9.17, 15) is 13.6 Å². The second-order valence-corrected chi connectivity index (χ2v) is 6.23. The van der Waals surface area contributed by atoms with E-state index in [0.29, 0.717) is 18.2 Å². The number of fused-ring (bicyclic) bond motifs is 3. The Labute approximate surface area is 151 Å². The van der Waals surface area contributed by atoms with E-state index in [0.717, 1.165) is 37.3 Å². The Kier molecular flexibility index (Phi) is 5.54. The minimum Gasteiger partial charge on any atom is -0.473 e. The third-order valence-corrected chi connectivity index (χ3v) is 4.65. The number of hydrogen-bond donors (Lipinski definition) is 0. The van der Waals surface area contributed by atoms with Crippen LogP contribution in [0, 0.1) is 11.6 Å². The quantitative estimate of drug-likeness (QED) is 0.837. The van der Waals surface area contributed by atoms with Gasteiger partial charge in [0.05, 0.1) is 0 Å². The molecule has 1 unspecified atom stereocenters. The molecule has 140 valence electrons. The van der Waals surface area contributed by atoms with Gasteiger partial charge in [-0.05, 0) is 37.0 Å². The lowest BCUT2D eigenvalue weighted by atomic mass is 10.0. The minimum absolute atomic E-state index is 0.0243. The SMILES string of the molecule is CC.O=c1nc(OCc2ccc(F)c(F)c2)cc2n1CC1CCCCN21. The summed E-state index contributed by atoms with van der Waals surface area (Å²) < 4.78 is 33.4. The Morgan fingerprint density at radius 1 is 1.19 bits per heavy atom. The molecule has 5 nitrogen and oxygen atoms in total. The van der Waals surface area contributed by atoms with Crippen molar-refractivity contribution in [3.63, 3.8) is 0 Å². The number of aromatic nitrogens is 2. The van der Waals surface area contributed by atoms with Crippen LogP contribution in [0.1, 0.15) is 38.7 Å². The van der Waals surface area contributed by atoms with Crippen LogP contribution in [-0.4, -0.2) is 22.1 Å². The summed E-state index contributed by atoms with van der Waals surface area (Å²) in [6, 6.07) is 5.69. The summed E-state index contributed by atoms with van der Waals surface area (Å²) in [4.78, 5) is 18.4. The van der Waals surface area contributed by atoms with Gasteiger partial charge in [-0.1, -0.05) is 19.9 Å². The average molecular weight is 363 g/mol. The second-order valence-electron chi connectivity index (χ2n) is 6.23. The molecule has 1 saturated heterocycles. The van der Waals surface area contributed by atoms with Crippen LogP contribution in [0.3, 0.4) is 0 Å². The zero-order valence-corrected chi connectivity index (χ0v) is 15.0. The molecule has 0 amide bonds. The van der Waals surface area contributed by atoms with Gasteiger partial charge in [0.2, 0.25) is 5.88 Å². The molecule has 4 rings (SSSR count). The molecule has 1 aromatic heterocycles. The zero-order chi connectivity index (χ0) is 18.7. The van der Waals surface area contributed by atoms with Gasteiger partial charge >= 0.3 is 5.69 Å². The van der Waals surface area contributed by atoms with Crippen molar-refractivity contribution in [1.29, 1.82) is 0 Å². The lowest BCUT2D eigenvalue weighted by molar-refractivity contribution is 0.290. The van der Waals surface area contributed by atoms with E-state index in [1.807, 2.05) is 13.8 Å². The maximum Gasteiger partial charge on any atom is 0.352 e. The highest BCUT2D eigenvalue weighted by atomic mass is 19.2. The molecule has 0 N–H and O–H groups in total. The van der Waals surface area contributed by atoms with Crippen molar-refractivity contribution in [3.8, 4) is 5.88 Å². The van der Waals surface area contributed by atoms with Gasteiger partial charge in [-0.3, -0.25) is 4.57 Å². The van der Waals surface area contributed by atoms with Crippen molar-refractivity contribution in [3.05, 3.63) is 51.9 Å². The summed E-state index contributed by atoms with van der Waals surface area (Å²) in [6.45, 7) is 5.62. The topological polar surface area (TPSA) is 47.4 Å². The third-order valence-electron chi connectivity index (χ3n) is 4.65. The molecular weight excluding hydrogens is 340 g/mol. The largest absolute Gasteiger partial charge is 0.473 e. The number of hydrogen-bond acceptors (Lipinski definition) is 4. The summed E-state index contributed by atoms with van der Waals surface area (Å²) in [5.74, 6) is -0.778. The summed E-state index contributed by atoms with van der Waals surface area (Å²) in [5.41, 5.74) is 0.148. The molecule has 1 atom stereocenters. The number of benzene rings is 1. The summed E-state index contributed by atoms with van der Waals surface area (Å²) in [6.07, 6.45) is 3.36. The highest BCUT2D eigenvalue weighted by molar-refractivity contribution is 5.47. The third kappa shape index (κ3) is 3.57. The van der Waals surface area contributed by atoms with Crippen molar-refractivity contribution >= 4 is 5.82 Å². The molecule has 0 bridgehead atoms. The first-order chi connectivity index (χ1) is 12.6. The summed E-state index contributed by atoms with van der Waals surface area (Å²) in [7, 11) is 0. The first kappa shape index (κ1) is 18.4. The van der Waals surface area contributed by atoms with Crippen LogP contribution >= 0.6 is 0 Å². The van der Waals surface area contributed by atoms with Gasteiger partial charge in [0.15, 0.2) is 11.6 Å². The number of ether oxygens (including phenoxy) is 1. The van der Waals surface area contributed by atoms with E-state index in [-0.39, 0.29) is 18.2 Å². The number of anilines is 1. The molecule has 7 heteroatoms. The Morgan fingerprint density at radius 2 is 2.00 bits per heavy atom. The van der Waals surface area contributed by atoms with E-state index in [4.69, 9.17) is 4.74 Å². The van der Waals surface area contributed by atoms with Crippen LogP contribution in [0.5, 0.6) is 5.88 Å². The molecule has 1 aromatic carbocycles. The summed E-state index contributed by atoms with van der Waals surface area (Å²) >= 11 is 0. The Bertz CT molecular complexity index is 838. The monoisotopic (exact) mass is 363 g/mol. The molecule has 0 aliphatic carbocycles. The van der Waals surface area contributed by atoms with E-state index in [1.165, 1.54) is 12.5 Å². The molecule has 1 fully saturated rings. The minimum atomic E-state index is -0.922. The van der Waals surface area contributed by atoms with E-state index >= 15 is 0 Å². The lowest BCUT2D eigenvalue weighted by Crippen LogP contribution is -2.36. The molecule has 2 aromatic rings. The van der Waals surface area contributed by atoms with Crippen molar-refractivity contribution < 1.29 is 13.5 Å². The maximum atomic E-state index is 13.2. The highest BCUT2D eigenvalue weighted by Gasteiger charge is 2.32. The van der Waals surface area contributed by atoms with Crippen LogP contribution in [0.15, 0.2) is 29.1 Å². The Morgan fingerprint density at radius 3 is 2.77 bits per heavy atom. The number of rotatable bonds is 3. The molecular formula is C19H23F2N3O2. The van der Waals surface area contributed by atoms with Gasteiger partial charge in [-0.15, -0.1) is 0 Å². The fourth-order valence-corrected chi connectivity index (χ4v) is 3.45. The van der Waals surface area contributed by atoms with Crippen LogP contribution in [0.2, 0.25) is 0 Å². The lowest BCUT2D eigenvalue weighted by Gasteiger charge is -2.30. The Hall–Kier alpha value is -2.44. The van der Waals surface area contributed by atoms with Crippen molar-refractivity contribution in [2.75, 3.05) is 11.4 Å². The maximum absolute atomic E-state index is 13.2. The molecule has 0 saturated carbocycles. The molecule has 2 aliphatic rings. The van der Waals surface area contributed by atoms with E-state index in [2.05, 4.69) is 9.88 Å². The summed E-state index contributed by atoms with van der Waals surface area (Å²) in [5, 5.41) is 0. The van der Waals surface area contributed by atoms with Gasteiger partial charge < -0.3 is 9.64 Å². The molecule has 3 heterocycles. The molecule has 26 heavy (non-hydrogen) atoms. The number of halogens is 2. The van der Waals surface area contributed by atoms with Gasteiger partial charge in [-0.25, -0.2) is 13.6 Å². The van der Waals surface area contributed by atoms with Crippen LogP contribution in [0.25, 0.3) is 0 Å². The highest BCUT2D eigenvalue weighted by Crippen LogP contribution is 2.32. The second kappa shape index (κ2) is 7.85. The normalized spacial score (nSPS) is 17.8. The van der Waals surface area contributed by atoms with E-state index < -0.39 is 11.6 Å². The van der Waals surface area contributed by atoms with E-state index in [1.54, 1.807) is 10.6 Å². The Balaban J connectivity index is 0.000000948. The van der Waals surface area contributed by atoms with Crippen molar-refractivity contribution in [1.82, 2.24) is 9.55 Å². The van der Waals surface area contributed by atoms with Crippen molar-refractivity contribution in [2.45, 2.75) is 52.3 Å². The predicted octanol–water partition coefficient (Wildman–Crippen LogP) is 3.50. The van der Waals surface area contributed by atoms with Crippen LogP contribution in [-0.2, 0) is 13.2 Å². The van der Waals surface area contributed by atoms with Crippen LogP contribution < -0.4 is 15.3 Å². The van der Waals surface area contributed by atoms with Gasteiger partial charge in [0.1, 0.15) is 12.4 Å². The predicted molar refractivity (Wildman–Crippen MR) is 95.5 cm³/mol. The smallest absolute Gasteiger partial charge is 0.352 e. The number of piperidine rings is 1. The number of nitrogens with zero attached hydrogens (tertiary/aromatic N) is 3. The molecule has 2 aliphatic heterocycles. The molecule has 0 spiro atoms. The first-order valence-corrected chi connectivity index (χ1v) is 9.07. The van der Waals surface area contributed by atoms with Crippen LogP contribution in [0.4, 0.5) is 14.6 Å². The van der Waals surface area contributed by atoms with Gasteiger partial charge in [0.25, 0.3) is 0 Å². The first-order valence-electron chi connectivity index (χ1n) is 9.07. The van der Waals surface area contributed by atoms with Gasteiger partial charge in [-0.2, -0.15) is 4.98 Å². The standard InChI is InChI=1S/C17H17F2N3O2.C2H6/c18-13-5-4-11(7-14(13)19)10-24-15-8-16-21-6-2-1-3-12(21)9-22(16)17(23)20-15;1-2/h4-5,7-8,12H,1-3,6,9-10H2;1-2H3. The molecule has 0 radical (unpaired) electrons. The van der Waals surface area contributed by atoms with Gasteiger partial charge in [0, 0.05) is 25.2 Å². The average Bonchev–Trinajstić information content (AvgIpc) is 3.04.